The average Bonchev–Trinajstić information content (AvgIpc) is 2.96. The van der Waals surface area contributed by atoms with Crippen LogP contribution in [0.3, 0.4) is 0 Å². The topological polar surface area (TPSA) is 41.6 Å². The number of rotatable bonds is 6. The maximum absolute atomic E-state index is 13.4. The smallest absolute Gasteiger partial charge is 0.230 e. The summed E-state index contributed by atoms with van der Waals surface area (Å²) in [5.74, 6) is 0.969. The maximum atomic E-state index is 13.4. The second kappa shape index (κ2) is 9.05. The Balaban J connectivity index is 1.78. The predicted molar refractivity (Wildman–Crippen MR) is 109 cm³/mol. The molecule has 1 heterocycles. The minimum atomic E-state index is -0.447. The maximum Gasteiger partial charge on any atom is 0.230 e. The van der Waals surface area contributed by atoms with Crippen molar-refractivity contribution < 1.29 is 9.53 Å². The number of ether oxygens (including phenoxy) is 1. The Labute approximate surface area is 162 Å². The number of nitrogens with one attached hydrogen (secondary N) is 1. The van der Waals surface area contributed by atoms with Gasteiger partial charge in [-0.15, -0.1) is 0 Å². The van der Waals surface area contributed by atoms with Gasteiger partial charge in [0.05, 0.1) is 12.5 Å². The van der Waals surface area contributed by atoms with Gasteiger partial charge in [-0.05, 0) is 62.2 Å². The standard InChI is InChI=1S/C23H30N2O2/c1-3-25-16-7-14-23(15-17-25,20-8-5-4-6-9-20)22(26)24-18-19-10-12-21(27-2)13-11-19/h4-6,8-13H,3,7,14-18H2,1-2H3,(H,24,26)/t23-/m1/s1. The van der Waals surface area contributed by atoms with Crippen molar-refractivity contribution in [2.75, 3.05) is 26.7 Å². The van der Waals surface area contributed by atoms with Crippen molar-refractivity contribution in [2.45, 2.75) is 38.1 Å². The summed E-state index contributed by atoms with van der Waals surface area (Å²) in [5.41, 5.74) is 1.77. The minimum Gasteiger partial charge on any atom is -0.497 e. The lowest BCUT2D eigenvalue weighted by Crippen LogP contribution is -2.45. The Bertz CT molecular complexity index is 730. The highest BCUT2D eigenvalue weighted by Crippen LogP contribution is 2.36. The molecule has 0 bridgehead atoms. The van der Waals surface area contributed by atoms with Gasteiger partial charge in [-0.3, -0.25) is 4.79 Å². The van der Waals surface area contributed by atoms with Gasteiger partial charge in [-0.2, -0.15) is 0 Å². The molecular formula is C23H30N2O2. The first kappa shape index (κ1) is 19.4. The van der Waals surface area contributed by atoms with E-state index in [9.17, 15) is 4.79 Å². The highest BCUT2D eigenvalue weighted by atomic mass is 16.5. The number of hydrogen-bond acceptors (Lipinski definition) is 3. The first-order chi connectivity index (χ1) is 13.2. The average molecular weight is 367 g/mol. The summed E-state index contributed by atoms with van der Waals surface area (Å²) in [7, 11) is 1.66. The van der Waals surface area contributed by atoms with Crippen molar-refractivity contribution >= 4 is 5.91 Å². The molecule has 0 saturated carbocycles. The monoisotopic (exact) mass is 366 g/mol. The second-order valence-electron chi connectivity index (χ2n) is 7.27. The molecule has 1 amide bonds. The molecule has 2 aromatic carbocycles. The molecule has 4 heteroatoms. The summed E-state index contributed by atoms with van der Waals surface area (Å²) in [5, 5.41) is 3.21. The van der Waals surface area contributed by atoms with Gasteiger partial charge in [-0.1, -0.05) is 49.4 Å². The van der Waals surface area contributed by atoms with Gasteiger partial charge in [0.15, 0.2) is 0 Å². The van der Waals surface area contributed by atoms with Gasteiger partial charge >= 0.3 is 0 Å². The van der Waals surface area contributed by atoms with Crippen molar-refractivity contribution in [3.63, 3.8) is 0 Å². The molecule has 1 saturated heterocycles. The van der Waals surface area contributed by atoms with E-state index in [0.717, 1.165) is 55.8 Å². The van der Waals surface area contributed by atoms with Gasteiger partial charge in [0.2, 0.25) is 5.91 Å². The molecule has 3 rings (SSSR count). The van der Waals surface area contributed by atoms with Gasteiger partial charge in [0, 0.05) is 6.54 Å². The third kappa shape index (κ3) is 4.51. The minimum absolute atomic E-state index is 0.141. The van der Waals surface area contributed by atoms with E-state index in [-0.39, 0.29) is 5.91 Å². The summed E-state index contributed by atoms with van der Waals surface area (Å²) < 4.78 is 5.21. The van der Waals surface area contributed by atoms with Crippen molar-refractivity contribution in [1.82, 2.24) is 10.2 Å². The van der Waals surface area contributed by atoms with E-state index in [4.69, 9.17) is 4.74 Å². The molecule has 0 spiro atoms. The molecule has 4 nitrogen and oxygen atoms in total. The van der Waals surface area contributed by atoms with E-state index in [2.05, 4.69) is 29.3 Å². The molecule has 1 atom stereocenters. The first-order valence-electron chi connectivity index (χ1n) is 9.87. The lowest BCUT2D eigenvalue weighted by Gasteiger charge is -2.32. The summed E-state index contributed by atoms with van der Waals surface area (Å²) in [6, 6.07) is 18.2. The van der Waals surface area contributed by atoms with Gasteiger partial charge < -0.3 is 15.0 Å². The molecule has 144 valence electrons. The quantitative estimate of drug-likeness (QED) is 0.846. The van der Waals surface area contributed by atoms with Crippen molar-refractivity contribution in [1.29, 1.82) is 0 Å². The molecule has 1 N–H and O–H groups in total. The van der Waals surface area contributed by atoms with Crippen molar-refractivity contribution in [3.05, 3.63) is 65.7 Å². The Kier molecular flexibility index (Phi) is 6.51. The van der Waals surface area contributed by atoms with Gasteiger partial charge in [0.1, 0.15) is 5.75 Å². The summed E-state index contributed by atoms with van der Waals surface area (Å²) in [4.78, 5) is 15.9. The summed E-state index contributed by atoms with van der Waals surface area (Å²) in [6.45, 7) is 5.80. The zero-order chi connectivity index (χ0) is 19.1. The Morgan fingerprint density at radius 1 is 1.07 bits per heavy atom. The fourth-order valence-electron chi connectivity index (χ4n) is 4.01. The van der Waals surface area contributed by atoms with Crippen LogP contribution in [-0.4, -0.2) is 37.6 Å². The van der Waals surface area contributed by atoms with Crippen LogP contribution in [0.2, 0.25) is 0 Å². The fourth-order valence-corrected chi connectivity index (χ4v) is 4.01. The van der Waals surface area contributed by atoms with Crippen molar-refractivity contribution in [2.24, 2.45) is 0 Å². The van der Waals surface area contributed by atoms with Crippen LogP contribution in [0, 0.1) is 0 Å². The number of hydrogen-bond donors (Lipinski definition) is 1. The van der Waals surface area contributed by atoms with Crippen LogP contribution in [0.1, 0.15) is 37.3 Å². The molecule has 0 unspecified atom stereocenters. The highest BCUT2D eigenvalue weighted by molar-refractivity contribution is 5.88. The van der Waals surface area contributed by atoms with Crippen LogP contribution in [0.5, 0.6) is 5.75 Å². The van der Waals surface area contributed by atoms with E-state index in [1.807, 2.05) is 42.5 Å². The SMILES string of the molecule is CCN1CCC[C@](C(=O)NCc2ccc(OC)cc2)(c2ccccc2)CC1. The van der Waals surface area contributed by atoms with E-state index in [0.29, 0.717) is 6.54 Å². The van der Waals surface area contributed by atoms with Gasteiger partial charge in [-0.25, -0.2) is 0 Å². The molecule has 0 aromatic heterocycles. The molecule has 1 fully saturated rings. The van der Waals surface area contributed by atoms with Crippen LogP contribution < -0.4 is 10.1 Å². The Morgan fingerprint density at radius 2 is 1.81 bits per heavy atom. The summed E-state index contributed by atoms with van der Waals surface area (Å²) >= 11 is 0. The Morgan fingerprint density at radius 3 is 2.48 bits per heavy atom. The van der Waals surface area contributed by atoms with Crippen LogP contribution in [0.25, 0.3) is 0 Å². The van der Waals surface area contributed by atoms with Crippen molar-refractivity contribution in [3.8, 4) is 5.75 Å². The second-order valence-corrected chi connectivity index (χ2v) is 7.27. The van der Waals surface area contributed by atoms with Crippen LogP contribution >= 0.6 is 0 Å². The molecule has 1 aliphatic heterocycles. The van der Waals surface area contributed by atoms with Crippen LogP contribution in [-0.2, 0) is 16.8 Å². The number of carbonyl (C=O) groups excluding carboxylic acids is 1. The number of nitrogens with zero attached hydrogens (tertiary/aromatic N) is 1. The van der Waals surface area contributed by atoms with E-state index in [1.165, 1.54) is 0 Å². The number of amides is 1. The summed E-state index contributed by atoms with van der Waals surface area (Å²) in [6.07, 6.45) is 2.79. The molecule has 0 radical (unpaired) electrons. The molecule has 2 aromatic rings. The van der Waals surface area contributed by atoms with Crippen LogP contribution in [0.4, 0.5) is 0 Å². The number of benzene rings is 2. The zero-order valence-corrected chi connectivity index (χ0v) is 16.4. The predicted octanol–water partition coefficient (Wildman–Crippen LogP) is 3.76. The normalized spacial score (nSPS) is 20.7. The zero-order valence-electron chi connectivity index (χ0n) is 16.4. The number of likely N-dealkylation sites (tertiary alicyclic amines) is 1. The van der Waals surface area contributed by atoms with E-state index in [1.54, 1.807) is 7.11 Å². The Hall–Kier alpha value is -2.33. The first-order valence-corrected chi connectivity index (χ1v) is 9.87. The van der Waals surface area contributed by atoms with Crippen LogP contribution in [0.15, 0.2) is 54.6 Å². The number of carbonyl (C=O) groups is 1. The third-order valence-corrected chi connectivity index (χ3v) is 5.75. The highest BCUT2D eigenvalue weighted by Gasteiger charge is 2.40. The third-order valence-electron chi connectivity index (χ3n) is 5.75. The fraction of sp³-hybridized carbons (Fsp3) is 0.435. The lowest BCUT2D eigenvalue weighted by atomic mass is 9.73. The molecule has 27 heavy (non-hydrogen) atoms. The molecular weight excluding hydrogens is 336 g/mol. The van der Waals surface area contributed by atoms with E-state index < -0.39 is 5.41 Å². The lowest BCUT2D eigenvalue weighted by molar-refractivity contribution is -0.127. The van der Waals surface area contributed by atoms with E-state index >= 15 is 0 Å². The molecule has 1 aliphatic rings. The largest absolute Gasteiger partial charge is 0.497 e. The molecule has 0 aliphatic carbocycles. The number of methoxy groups -OCH3 is 1. The van der Waals surface area contributed by atoms with Gasteiger partial charge in [0.25, 0.3) is 0 Å².